The van der Waals surface area contributed by atoms with E-state index in [2.05, 4.69) is 20.8 Å². The highest BCUT2D eigenvalue weighted by molar-refractivity contribution is 5.38. The van der Waals surface area contributed by atoms with Gasteiger partial charge in [0.2, 0.25) is 0 Å². The Morgan fingerprint density at radius 2 is 1.57 bits per heavy atom. The first-order chi connectivity index (χ1) is 6.54. The SMILES string of the molecule is CCC(c1cc(O)cc(O)c1)C(C)C. The van der Waals surface area contributed by atoms with Crippen LogP contribution in [0.5, 0.6) is 11.5 Å². The van der Waals surface area contributed by atoms with Crippen molar-refractivity contribution in [1.82, 2.24) is 0 Å². The third-order valence-corrected chi connectivity index (χ3v) is 2.60. The maximum Gasteiger partial charge on any atom is 0.119 e. The molecule has 0 heterocycles. The van der Waals surface area contributed by atoms with Crippen molar-refractivity contribution < 1.29 is 10.2 Å². The molecule has 0 saturated heterocycles. The molecule has 1 atom stereocenters. The van der Waals surface area contributed by atoms with E-state index < -0.39 is 0 Å². The number of hydrogen-bond donors (Lipinski definition) is 2. The molecule has 0 aliphatic carbocycles. The standard InChI is InChI=1S/C12H18O2/c1-4-12(8(2)3)9-5-10(13)7-11(14)6-9/h5-8,12-14H,4H2,1-3H3. The van der Waals surface area contributed by atoms with Crippen LogP contribution in [0.15, 0.2) is 18.2 Å². The second-order valence-electron chi connectivity index (χ2n) is 4.04. The second kappa shape index (κ2) is 4.36. The number of aromatic hydroxyl groups is 2. The van der Waals surface area contributed by atoms with Crippen molar-refractivity contribution in [2.45, 2.75) is 33.1 Å². The minimum absolute atomic E-state index is 0.138. The average molecular weight is 194 g/mol. The van der Waals surface area contributed by atoms with E-state index in [9.17, 15) is 10.2 Å². The summed E-state index contributed by atoms with van der Waals surface area (Å²) in [4.78, 5) is 0. The van der Waals surface area contributed by atoms with E-state index >= 15 is 0 Å². The molecule has 0 fully saturated rings. The lowest BCUT2D eigenvalue weighted by atomic mass is 9.86. The van der Waals surface area contributed by atoms with Crippen LogP contribution >= 0.6 is 0 Å². The number of benzene rings is 1. The highest BCUT2D eigenvalue weighted by Crippen LogP contribution is 2.32. The molecule has 78 valence electrons. The van der Waals surface area contributed by atoms with Crippen LogP contribution in [-0.2, 0) is 0 Å². The predicted molar refractivity (Wildman–Crippen MR) is 57.6 cm³/mol. The molecule has 14 heavy (non-hydrogen) atoms. The van der Waals surface area contributed by atoms with Gasteiger partial charge in [0, 0.05) is 6.07 Å². The van der Waals surface area contributed by atoms with Gasteiger partial charge in [-0.1, -0.05) is 20.8 Å². The maximum absolute atomic E-state index is 9.36. The normalized spacial score (nSPS) is 13.1. The highest BCUT2D eigenvalue weighted by atomic mass is 16.3. The summed E-state index contributed by atoms with van der Waals surface area (Å²) >= 11 is 0. The van der Waals surface area contributed by atoms with Gasteiger partial charge in [-0.2, -0.15) is 0 Å². The lowest BCUT2D eigenvalue weighted by molar-refractivity contribution is 0.439. The Labute approximate surface area is 85.2 Å². The smallest absolute Gasteiger partial charge is 0.119 e. The number of phenolic OH excluding ortho intramolecular Hbond substituents is 2. The van der Waals surface area contributed by atoms with E-state index in [1.807, 2.05) is 0 Å². The molecule has 2 N–H and O–H groups in total. The predicted octanol–water partition coefficient (Wildman–Crippen LogP) is 3.25. The van der Waals surface area contributed by atoms with Crippen LogP contribution in [0.3, 0.4) is 0 Å². The number of hydrogen-bond acceptors (Lipinski definition) is 2. The van der Waals surface area contributed by atoms with Crippen LogP contribution in [0.2, 0.25) is 0 Å². The van der Waals surface area contributed by atoms with Crippen molar-refractivity contribution in [2.75, 3.05) is 0 Å². The summed E-state index contributed by atoms with van der Waals surface area (Å²) in [7, 11) is 0. The molecule has 1 rings (SSSR count). The van der Waals surface area contributed by atoms with E-state index in [1.165, 1.54) is 6.07 Å². The molecule has 0 spiro atoms. The van der Waals surface area contributed by atoms with Gasteiger partial charge in [-0.05, 0) is 36.0 Å². The van der Waals surface area contributed by atoms with E-state index in [4.69, 9.17) is 0 Å². The minimum atomic E-state index is 0.138. The lowest BCUT2D eigenvalue weighted by Gasteiger charge is -2.19. The Morgan fingerprint density at radius 1 is 1.07 bits per heavy atom. The fourth-order valence-electron chi connectivity index (χ4n) is 1.92. The second-order valence-corrected chi connectivity index (χ2v) is 4.04. The fourth-order valence-corrected chi connectivity index (χ4v) is 1.92. The molecule has 0 amide bonds. The molecular formula is C12H18O2. The van der Waals surface area contributed by atoms with Crippen molar-refractivity contribution in [3.63, 3.8) is 0 Å². The summed E-state index contributed by atoms with van der Waals surface area (Å²) in [5.41, 5.74) is 1.01. The molecule has 1 aromatic rings. The zero-order chi connectivity index (χ0) is 10.7. The molecule has 0 bridgehead atoms. The van der Waals surface area contributed by atoms with Gasteiger partial charge >= 0.3 is 0 Å². The molecule has 0 aromatic heterocycles. The first-order valence-corrected chi connectivity index (χ1v) is 5.07. The third kappa shape index (κ3) is 2.41. The van der Waals surface area contributed by atoms with E-state index in [0.717, 1.165) is 12.0 Å². The Kier molecular flexibility index (Phi) is 3.39. The topological polar surface area (TPSA) is 40.5 Å². The molecule has 1 aromatic carbocycles. The summed E-state index contributed by atoms with van der Waals surface area (Å²) < 4.78 is 0. The van der Waals surface area contributed by atoms with Crippen molar-refractivity contribution in [3.05, 3.63) is 23.8 Å². The zero-order valence-corrected chi connectivity index (χ0v) is 8.99. The quantitative estimate of drug-likeness (QED) is 0.775. The Bertz CT molecular complexity index is 285. The van der Waals surface area contributed by atoms with Crippen LogP contribution in [0.1, 0.15) is 38.7 Å². The van der Waals surface area contributed by atoms with E-state index in [1.54, 1.807) is 12.1 Å². The molecular weight excluding hydrogens is 176 g/mol. The van der Waals surface area contributed by atoms with E-state index in [-0.39, 0.29) is 11.5 Å². The molecule has 0 radical (unpaired) electrons. The van der Waals surface area contributed by atoms with Gasteiger partial charge in [-0.25, -0.2) is 0 Å². The minimum Gasteiger partial charge on any atom is -0.508 e. The molecule has 0 aliphatic rings. The number of phenols is 2. The van der Waals surface area contributed by atoms with Crippen LogP contribution in [0.4, 0.5) is 0 Å². The maximum atomic E-state index is 9.36. The largest absolute Gasteiger partial charge is 0.508 e. The molecule has 2 heteroatoms. The Balaban J connectivity index is 3.04. The number of rotatable bonds is 3. The van der Waals surface area contributed by atoms with Crippen LogP contribution < -0.4 is 0 Å². The van der Waals surface area contributed by atoms with Crippen LogP contribution in [-0.4, -0.2) is 10.2 Å². The van der Waals surface area contributed by atoms with Gasteiger partial charge in [-0.3, -0.25) is 0 Å². The van der Waals surface area contributed by atoms with E-state index in [0.29, 0.717) is 11.8 Å². The summed E-state index contributed by atoms with van der Waals surface area (Å²) in [6, 6.07) is 4.82. The molecule has 1 unspecified atom stereocenters. The van der Waals surface area contributed by atoms with Gasteiger partial charge < -0.3 is 10.2 Å². The summed E-state index contributed by atoms with van der Waals surface area (Å²) in [5.74, 6) is 1.19. The first-order valence-electron chi connectivity index (χ1n) is 5.07. The summed E-state index contributed by atoms with van der Waals surface area (Å²) in [5, 5.41) is 18.7. The van der Waals surface area contributed by atoms with Gasteiger partial charge in [0.1, 0.15) is 11.5 Å². The van der Waals surface area contributed by atoms with Gasteiger partial charge in [-0.15, -0.1) is 0 Å². The van der Waals surface area contributed by atoms with Crippen LogP contribution in [0.25, 0.3) is 0 Å². The molecule has 2 nitrogen and oxygen atoms in total. The fraction of sp³-hybridized carbons (Fsp3) is 0.500. The van der Waals surface area contributed by atoms with Crippen molar-refractivity contribution >= 4 is 0 Å². The Hall–Kier alpha value is -1.18. The summed E-state index contributed by atoms with van der Waals surface area (Å²) in [6.45, 7) is 6.41. The molecule has 0 saturated carbocycles. The van der Waals surface area contributed by atoms with Crippen molar-refractivity contribution in [1.29, 1.82) is 0 Å². The van der Waals surface area contributed by atoms with Gasteiger partial charge in [0.15, 0.2) is 0 Å². The van der Waals surface area contributed by atoms with Gasteiger partial charge in [0.05, 0.1) is 0 Å². The zero-order valence-electron chi connectivity index (χ0n) is 8.99. The highest BCUT2D eigenvalue weighted by Gasteiger charge is 2.14. The average Bonchev–Trinajstić information content (AvgIpc) is 2.02. The Morgan fingerprint density at radius 3 is 1.93 bits per heavy atom. The first kappa shape index (κ1) is 10.9. The lowest BCUT2D eigenvalue weighted by Crippen LogP contribution is -2.05. The summed E-state index contributed by atoms with van der Waals surface area (Å²) in [6.07, 6.45) is 1.01. The molecule has 0 aliphatic heterocycles. The van der Waals surface area contributed by atoms with Crippen molar-refractivity contribution in [3.8, 4) is 11.5 Å². The van der Waals surface area contributed by atoms with Crippen LogP contribution in [0, 0.1) is 5.92 Å². The van der Waals surface area contributed by atoms with Crippen molar-refractivity contribution in [2.24, 2.45) is 5.92 Å². The third-order valence-electron chi connectivity index (χ3n) is 2.60. The monoisotopic (exact) mass is 194 g/mol. The van der Waals surface area contributed by atoms with Gasteiger partial charge in [0.25, 0.3) is 0 Å².